The van der Waals surface area contributed by atoms with Crippen molar-refractivity contribution in [2.75, 3.05) is 64.1 Å². The number of rotatable bonds is 7. The number of nitrogens with one attached hydrogen (secondary N) is 1. The highest BCUT2D eigenvalue weighted by Gasteiger charge is 2.39. The molecule has 2 heterocycles. The summed E-state index contributed by atoms with van der Waals surface area (Å²) in [7, 11) is -3.36. The van der Waals surface area contributed by atoms with Crippen LogP contribution in [0.5, 0.6) is 0 Å². The molecule has 9 nitrogen and oxygen atoms in total. The number of likely N-dealkylation sites (tertiary alicyclic amines) is 1. The molecule has 2 amide bonds. The predicted octanol–water partition coefficient (Wildman–Crippen LogP) is 0.0632. The van der Waals surface area contributed by atoms with Gasteiger partial charge in [0.1, 0.15) is 0 Å². The van der Waals surface area contributed by atoms with Crippen molar-refractivity contribution < 1.29 is 22.7 Å². The number of ether oxygens (including phenoxy) is 1. The van der Waals surface area contributed by atoms with Gasteiger partial charge in [0.25, 0.3) is 5.91 Å². The van der Waals surface area contributed by atoms with Crippen LogP contribution in [-0.4, -0.2) is 99.1 Å². The second-order valence-electron chi connectivity index (χ2n) is 7.45. The zero-order chi connectivity index (χ0) is 21.0. The van der Waals surface area contributed by atoms with E-state index in [2.05, 4.69) is 10.2 Å². The fraction of sp³-hybridized carbons (Fsp3) is 0.579. The zero-order valence-corrected chi connectivity index (χ0v) is 17.7. The lowest BCUT2D eigenvalue weighted by Gasteiger charge is -2.44. The minimum absolute atomic E-state index is 0.141. The molecule has 0 atom stereocenters. The van der Waals surface area contributed by atoms with Crippen LogP contribution in [0.25, 0.3) is 0 Å². The Labute approximate surface area is 171 Å². The number of morpholine rings is 1. The van der Waals surface area contributed by atoms with Crippen molar-refractivity contribution in [3.05, 3.63) is 29.8 Å². The number of carbonyl (C=O) groups excluding carboxylic acids is 2. The van der Waals surface area contributed by atoms with Crippen molar-refractivity contribution in [2.24, 2.45) is 0 Å². The van der Waals surface area contributed by atoms with E-state index >= 15 is 0 Å². The van der Waals surface area contributed by atoms with Crippen LogP contribution >= 0.6 is 0 Å². The van der Waals surface area contributed by atoms with Crippen molar-refractivity contribution in [3.8, 4) is 0 Å². The molecule has 0 aliphatic carbocycles. The SMILES string of the molecule is CC(=O)Nc1ccc(C(=O)N2CC(N(CCN3CCOCC3)S(C)(=O)=O)C2)cc1. The molecule has 2 saturated heterocycles. The maximum atomic E-state index is 12.6. The average molecular weight is 425 g/mol. The van der Waals surface area contributed by atoms with Gasteiger partial charge in [-0.15, -0.1) is 0 Å². The Morgan fingerprint density at radius 2 is 1.79 bits per heavy atom. The number of amides is 2. The van der Waals surface area contributed by atoms with Gasteiger partial charge in [0.2, 0.25) is 15.9 Å². The van der Waals surface area contributed by atoms with Gasteiger partial charge in [-0.1, -0.05) is 0 Å². The van der Waals surface area contributed by atoms with E-state index in [4.69, 9.17) is 4.74 Å². The van der Waals surface area contributed by atoms with Crippen LogP contribution in [0.1, 0.15) is 17.3 Å². The lowest BCUT2D eigenvalue weighted by atomic mass is 10.1. The molecule has 1 aromatic carbocycles. The third-order valence-electron chi connectivity index (χ3n) is 5.18. The number of anilines is 1. The smallest absolute Gasteiger partial charge is 0.253 e. The monoisotopic (exact) mass is 424 g/mol. The third kappa shape index (κ3) is 5.75. The molecular weight excluding hydrogens is 396 g/mol. The molecule has 3 rings (SSSR count). The van der Waals surface area contributed by atoms with Gasteiger partial charge in [0, 0.05) is 57.4 Å². The van der Waals surface area contributed by atoms with Gasteiger partial charge >= 0.3 is 0 Å². The van der Waals surface area contributed by atoms with Gasteiger partial charge < -0.3 is 15.0 Å². The standard InChI is InChI=1S/C19H28N4O5S/c1-15(24)20-17-5-3-16(4-6-17)19(25)22-13-18(14-22)23(29(2,26)27)8-7-21-9-11-28-12-10-21/h3-6,18H,7-14H2,1-2H3,(H,20,24). The summed E-state index contributed by atoms with van der Waals surface area (Å²) >= 11 is 0. The number of hydrogen-bond acceptors (Lipinski definition) is 6. The van der Waals surface area contributed by atoms with Gasteiger partial charge in [-0.05, 0) is 24.3 Å². The predicted molar refractivity (Wildman–Crippen MR) is 109 cm³/mol. The minimum atomic E-state index is -3.36. The quantitative estimate of drug-likeness (QED) is 0.665. The first kappa shape index (κ1) is 21.7. The Morgan fingerprint density at radius 3 is 2.34 bits per heavy atom. The molecule has 0 bridgehead atoms. The number of carbonyl (C=O) groups is 2. The van der Waals surface area contributed by atoms with Gasteiger partial charge in [-0.3, -0.25) is 14.5 Å². The number of sulfonamides is 1. The van der Waals surface area contributed by atoms with E-state index in [0.29, 0.717) is 50.6 Å². The van der Waals surface area contributed by atoms with Gasteiger partial charge in [-0.25, -0.2) is 8.42 Å². The van der Waals surface area contributed by atoms with E-state index in [0.717, 1.165) is 13.1 Å². The first-order valence-electron chi connectivity index (χ1n) is 9.68. The molecule has 29 heavy (non-hydrogen) atoms. The summed E-state index contributed by atoms with van der Waals surface area (Å²) in [5.74, 6) is -0.315. The summed E-state index contributed by atoms with van der Waals surface area (Å²) in [5.41, 5.74) is 1.14. The first-order valence-corrected chi connectivity index (χ1v) is 11.5. The maximum Gasteiger partial charge on any atom is 0.253 e. The molecule has 2 fully saturated rings. The third-order valence-corrected chi connectivity index (χ3v) is 6.51. The Hall–Kier alpha value is -2.01. The van der Waals surface area contributed by atoms with Gasteiger partial charge in [0.05, 0.1) is 25.5 Å². The fourth-order valence-corrected chi connectivity index (χ4v) is 4.66. The second kappa shape index (κ2) is 9.21. The van der Waals surface area contributed by atoms with Crippen molar-refractivity contribution in [2.45, 2.75) is 13.0 Å². The summed E-state index contributed by atoms with van der Waals surface area (Å²) in [6.07, 6.45) is 1.22. The van der Waals surface area contributed by atoms with Crippen LogP contribution in [0.4, 0.5) is 5.69 Å². The van der Waals surface area contributed by atoms with E-state index in [1.54, 1.807) is 29.2 Å². The van der Waals surface area contributed by atoms with E-state index in [1.165, 1.54) is 17.5 Å². The summed E-state index contributed by atoms with van der Waals surface area (Å²) in [4.78, 5) is 27.6. The lowest BCUT2D eigenvalue weighted by molar-refractivity contribution is -0.114. The van der Waals surface area contributed by atoms with E-state index < -0.39 is 10.0 Å². The molecule has 0 radical (unpaired) electrons. The highest BCUT2D eigenvalue weighted by molar-refractivity contribution is 7.88. The van der Waals surface area contributed by atoms with Crippen LogP contribution in [0.2, 0.25) is 0 Å². The number of nitrogens with zero attached hydrogens (tertiary/aromatic N) is 3. The molecule has 2 aliphatic rings. The van der Waals surface area contributed by atoms with Crippen molar-refractivity contribution in [1.29, 1.82) is 0 Å². The average Bonchev–Trinajstić information content (AvgIpc) is 2.63. The molecule has 1 aromatic rings. The van der Waals surface area contributed by atoms with Gasteiger partial charge in [0.15, 0.2) is 0 Å². The zero-order valence-electron chi connectivity index (χ0n) is 16.8. The maximum absolute atomic E-state index is 12.6. The Kier molecular flexibility index (Phi) is 6.89. The van der Waals surface area contributed by atoms with Crippen molar-refractivity contribution in [1.82, 2.24) is 14.1 Å². The van der Waals surface area contributed by atoms with Crippen LogP contribution in [0.15, 0.2) is 24.3 Å². The van der Waals surface area contributed by atoms with Crippen LogP contribution in [0.3, 0.4) is 0 Å². The highest BCUT2D eigenvalue weighted by atomic mass is 32.2. The van der Waals surface area contributed by atoms with Crippen LogP contribution in [0, 0.1) is 0 Å². The van der Waals surface area contributed by atoms with Gasteiger partial charge in [-0.2, -0.15) is 4.31 Å². The Morgan fingerprint density at radius 1 is 1.17 bits per heavy atom. The molecule has 0 unspecified atom stereocenters. The number of benzene rings is 1. The molecule has 0 saturated carbocycles. The summed E-state index contributed by atoms with van der Waals surface area (Å²) in [5, 5.41) is 2.66. The number of hydrogen-bond donors (Lipinski definition) is 1. The van der Waals surface area contributed by atoms with E-state index in [1.807, 2.05) is 0 Å². The molecular formula is C19H28N4O5S. The molecule has 2 aliphatic heterocycles. The molecule has 10 heteroatoms. The topological polar surface area (TPSA) is 99.3 Å². The van der Waals surface area contributed by atoms with E-state index in [9.17, 15) is 18.0 Å². The largest absolute Gasteiger partial charge is 0.379 e. The normalized spacial score (nSPS) is 18.5. The fourth-order valence-electron chi connectivity index (χ4n) is 3.57. The molecule has 1 N–H and O–H groups in total. The molecule has 160 valence electrons. The summed E-state index contributed by atoms with van der Waals surface area (Å²) in [6, 6.07) is 6.48. The molecule has 0 aromatic heterocycles. The minimum Gasteiger partial charge on any atom is -0.379 e. The Balaban J connectivity index is 1.55. The first-order chi connectivity index (χ1) is 13.7. The van der Waals surface area contributed by atoms with Crippen molar-refractivity contribution in [3.63, 3.8) is 0 Å². The highest BCUT2D eigenvalue weighted by Crippen LogP contribution is 2.21. The van der Waals surface area contributed by atoms with Crippen molar-refractivity contribution >= 4 is 27.5 Å². The van der Waals surface area contributed by atoms with E-state index in [-0.39, 0.29) is 17.9 Å². The lowest BCUT2D eigenvalue weighted by Crippen LogP contribution is -2.63. The second-order valence-corrected chi connectivity index (χ2v) is 9.39. The molecule has 0 spiro atoms. The Bertz CT molecular complexity index is 831. The van der Waals surface area contributed by atoms with Crippen LogP contribution < -0.4 is 5.32 Å². The van der Waals surface area contributed by atoms with Crippen LogP contribution in [-0.2, 0) is 19.6 Å². The summed E-state index contributed by atoms with van der Waals surface area (Å²) in [6.45, 7) is 6.21. The summed E-state index contributed by atoms with van der Waals surface area (Å²) < 4.78 is 31.3.